The van der Waals surface area contributed by atoms with Crippen LogP contribution in [0.25, 0.3) is 0 Å². The molecule has 1 aromatic rings. The molecule has 0 aliphatic heterocycles. The van der Waals surface area contributed by atoms with Crippen molar-refractivity contribution in [3.8, 4) is 5.75 Å². The molecule has 0 aliphatic carbocycles. The zero-order chi connectivity index (χ0) is 13.6. The Bertz CT molecular complexity index is 372. The Morgan fingerprint density at radius 2 is 1.79 bits per heavy atom. The van der Waals surface area contributed by atoms with Crippen molar-refractivity contribution in [1.82, 2.24) is 4.90 Å². The maximum atomic E-state index is 12.5. The summed E-state index contributed by atoms with van der Waals surface area (Å²) in [5, 5.41) is 0. The van der Waals surface area contributed by atoms with Crippen molar-refractivity contribution >= 4 is 12.4 Å². The summed E-state index contributed by atoms with van der Waals surface area (Å²) in [6.45, 7) is 2.05. The van der Waals surface area contributed by atoms with E-state index in [0.29, 0.717) is 13.2 Å². The zero-order valence-electron chi connectivity index (χ0n) is 11.7. The van der Waals surface area contributed by atoms with E-state index in [1.54, 1.807) is 6.07 Å². The Labute approximate surface area is 155 Å². The predicted octanol–water partition coefficient (Wildman–Crippen LogP) is -0.534. The maximum Gasteiger partial charge on any atom is 1.00 e. The van der Waals surface area contributed by atoms with Gasteiger partial charge in [0.05, 0.1) is 0 Å². The number of hydrogen-bond donors (Lipinski definition) is 0. The van der Waals surface area contributed by atoms with Gasteiger partial charge in [-0.05, 0) is 25.2 Å². The predicted molar refractivity (Wildman–Crippen MR) is 68.4 cm³/mol. The van der Waals surface area contributed by atoms with E-state index in [-0.39, 0.29) is 57.1 Å². The summed E-state index contributed by atoms with van der Waals surface area (Å²) in [7, 11) is 0. The summed E-state index contributed by atoms with van der Waals surface area (Å²) in [5.41, 5.74) is -0.615. The van der Waals surface area contributed by atoms with Gasteiger partial charge in [-0.25, -0.2) is 0 Å². The molecule has 0 radical (unpaired) electrons. The molecule has 2 nitrogen and oxygen atoms in total. The molecule has 0 amide bonds. The number of rotatable bonds is 7. The van der Waals surface area contributed by atoms with Crippen LogP contribution in [0.1, 0.15) is 13.8 Å². The van der Waals surface area contributed by atoms with Crippen molar-refractivity contribution in [2.45, 2.75) is 13.8 Å². The van der Waals surface area contributed by atoms with E-state index in [0.717, 1.165) is 25.2 Å². The Balaban J connectivity index is 0.00000324. The van der Waals surface area contributed by atoms with Crippen molar-refractivity contribution in [1.29, 1.82) is 0 Å². The molecule has 0 N–H and O–H groups in total. The molecule has 0 saturated carbocycles. The minimum Gasteiger partial charge on any atom is -0.492 e. The number of benzene rings is 1. The molecule has 0 saturated heterocycles. The minimum atomic E-state index is -4.96. The van der Waals surface area contributed by atoms with E-state index in [9.17, 15) is 12.9 Å². The summed E-state index contributed by atoms with van der Waals surface area (Å²) >= 11 is 0. The fourth-order valence-corrected chi connectivity index (χ4v) is 1.64. The summed E-state index contributed by atoms with van der Waals surface area (Å²) in [5.74, 6) is 0.277. The zero-order valence-corrected chi connectivity index (χ0v) is 14.8. The standard InChI is InChI=1S/C12H18BF3NO.K/c1-3-17(4-2)8-9-18-12-7-5-6-11(10-12)13(14,15)16;/h5-7,10H,3-4,8-9H2,1-2H3;/q-1;+1. The molecule has 0 aliphatic rings. The Hall–Kier alpha value is 0.471. The molecule has 0 heterocycles. The molecule has 0 atom stereocenters. The molecular formula is C12H18BF3KNO. The number of halogens is 3. The Morgan fingerprint density at radius 1 is 1.16 bits per heavy atom. The van der Waals surface area contributed by atoms with Crippen LogP contribution in [-0.4, -0.2) is 38.1 Å². The number of nitrogens with zero attached hydrogens (tertiary/aromatic N) is 1. The average molecular weight is 299 g/mol. The quantitative estimate of drug-likeness (QED) is 0.628. The maximum absolute atomic E-state index is 12.5. The molecule has 0 fully saturated rings. The number of hydrogen-bond acceptors (Lipinski definition) is 2. The summed E-state index contributed by atoms with van der Waals surface area (Å²) in [6.07, 6.45) is 0. The first kappa shape index (κ1) is 19.5. The van der Waals surface area contributed by atoms with Gasteiger partial charge in [0, 0.05) is 6.54 Å². The van der Waals surface area contributed by atoms with Gasteiger partial charge in [0.15, 0.2) is 0 Å². The van der Waals surface area contributed by atoms with Crippen molar-refractivity contribution in [2.75, 3.05) is 26.2 Å². The third-order valence-corrected chi connectivity index (χ3v) is 2.81. The SMILES string of the molecule is CCN(CC)CCOc1cccc([B-](F)(F)F)c1.[K+]. The summed E-state index contributed by atoms with van der Waals surface area (Å²) in [4.78, 5) is 2.15. The van der Waals surface area contributed by atoms with Gasteiger partial charge in [-0.15, -0.1) is 5.46 Å². The summed E-state index contributed by atoms with van der Waals surface area (Å²) < 4.78 is 42.9. The minimum absolute atomic E-state index is 0. The molecule has 1 rings (SSSR count). The second-order valence-corrected chi connectivity index (χ2v) is 4.02. The van der Waals surface area contributed by atoms with E-state index in [1.807, 2.05) is 13.8 Å². The first-order valence-corrected chi connectivity index (χ1v) is 6.12. The van der Waals surface area contributed by atoms with E-state index >= 15 is 0 Å². The smallest absolute Gasteiger partial charge is 0.492 e. The van der Waals surface area contributed by atoms with Gasteiger partial charge in [0.25, 0.3) is 0 Å². The van der Waals surface area contributed by atoms with Crippen LogP contribution in [0.2, 0.25) is 0 Å². The molecule has 0 bridgehead atoms. The van der Waals surface area contributed by atoms with E-state index in [1.165, 1.54) is 6.07 Å². The van der Waals surface area contributed by atoms with Crippen molar-refractivity contribution in [3.63, 3.8) is 0 Å². The van der Waals surface area contributed by atoms with Crippen LogP contribution in [0.4, 0.5) is 12.9 Å². The Morgan fingerprint density at radius 3 is 2.32 bits per heavy atom. The molecule has 102 valence electrons. The van der Waals surface area contributed by atoms with Crippen molar-refractivity contribution in [2.24, 2.45) is 0 Å². The van der Waals surface area contributed by atoms with E-state index in [2.05, 4.69) is 4.90 Å². The van der Waals surface area contributed by atoms with Crippen LogP contribution in [-0.2, 0) is 0 Å². The average Bonchev–Trinajstić information content (AvgIpc) is 2.34. The molecule has 0 aromatic heterocycles. The van der Waals surface area contributed by atoms with Crippen LogP contribution in [0, 0.1) is 0 Å². The molecule has 7 heteroatoms. The van der Waals surface area contributed by atoms with Crippen LogP contribution >= 0.6 is 0 Å². The first-order valence-electron chi connectivity index (χ1n) is 6.12. The van der Waals surface area contributed by atoms with Crippen LogP contribution in [0.3, 0.4) is 0 Å². The molecule has 0 unspecified atom stereocenters. The van der Waals surface area contributed by atoms with Gasteiger partial charge in [-0.3, -0.25) is 0 Å². The van der Waals surface area contributed by atoms with E-state index in [4.69, 9.17) is 4.74 Å². The molecule has 19 heavy (non-hydrogen) atoms. The second kappa shape index (κ2) is 9.42. The third kappa shape index (κ3) is 7.15. The fraction of sp³-hybridized carbons (Fsp3) is 0.500. The molecular weight excluding hydrogens is 281 g/mol. The van der Waals surface area contributed by atoms with Gasteiger partial charge < -0.3 is 22.6 Å². The fourth-order valence-electron chi connectivity index (χ4n) is 1.64. The monoisotopic (exact) mass is 299 g/mol. The van der Waals surface area contributed by atoms with Crippen LogP contribution in [0.15, 0.2) is 24.3 Å². The van der Waals surface area contributed by atoms with Crippen LogP contribution in [0.5, 0.6) is 5.75 Å². The molecule has 1 aromatic carbocycles. The topological polar surface area (TPSA) is 12.5 Å². The van der Waals surface area contributed by atoms with Crippen LogP contribution < -0.4 is 61.6 Å². The van der Waals surface area contributed by atoms with Crippen molar-refractivity contribution in [3.05, 3.63) is 24.3 Å². The van der Waals surface area contributed by atoms with Gasteiger partial charge in [0.1, 0.15) is 12.4 Å². The van der Waals surface area contributed by atoms with Gasteiger partial charge in [0.2, 0.25) is 0 Å². The third-order valence-electron chi connectivity index (χ3n) is 2.81. The normalized spacial score (nSPS) is 11.3. The largest absolute Gasteiger partial charge is 1.00 e. The van der Waals surface area contributed by atoms with Gasteiger partial charge >= 0.3 is 58.4 Å². The Kier molecular flexibility index (Phi) is 9.65. The number of ether oxygens (including phenoxy) is 1. The second-order valence-electron chi connectivity index (χ2n) is 4.02. The van der Waals surface area contributed by atoms with Gasteiger partial charge in [-0.2, -0.15) is 0 Å². The van der Waals surface area contributed by atoms with E-state index < -0.39 is 12.4 Å². The molecule has 0 spiro atoms. The van der Waals surface area contributed by atoms with Crippen molar-refractivity contribution < 1.29 is 69.1 Å². The van der Waals surface area contributed by atoms with Gasteiger partial charge in [-0.1, -0.05) is 26.0 Å². The summed E-state index contributed by atoms with van der Waals surface area (Å²) in [6, 6.07) is 5.05. The first-order chi connectivity index (χ1) is 8.47. The number of likely N-dealkylation sites (N-methyl/N-ethyl adjacent to an activating group) is 1.